The molecule has 3 amide bonds. The second kappa shape index (κ2) is 16.6. The van der Waals surface area contributed by atoms with Gasteiger partial charge in [-0.1, -0.05) is 79.2 Å². The number of carbonyl (C=O) groups excluding carboxylic acids is 3. The van der Waals surface area contributed by atoms with E-state index in [-0.39, 0.29) is 11.6 Å². The Bertz CT molecular complexity index is 1910. The van der Waals surface area contributed by atoms with E-state index < -0.39 is 17.1 Å². The Morgan fingerprint density at radius 3 is 2.40 bits per heavy atom. The number of nitrogens with zero attached hydrogens (tertiary/aromatic N) is 1. The molecule has 0 aliphatic heterocycles. The number of para-hydroxylation sites is 1. The van der Waals surface area contributed by atoms with Crippen LogP contribution in [-0.2, 0) is 9.59 Å². The molecule has 0 fully saturated rings. The van der Waals surface area contributed by atoms with Gasteiger partial charge in [0.2, 0.25) is 5.91 Å². The van der Waals surface area contributed by atoms with Gasteiger partial charge in [0.1, 0.15) is 11.4 Å². The number of ether oxygens (including phenoxy) is 1. The van der Waals surface area contributed by atoms with Crippen molar-refractivity contribution in [2.45, 2.75) is 37.3 Å². The van der Waals surface area contributed by atoms with Crippen LogP contribution in [0.4, 0.5) is 10.8 Å². The van der Waals surface area contributed by atoms with Crippen LogP contribution in [0.15, 0.2) is 119 Å². The van der Waals surface area contributed by atoms with Crippen molar-refractivity contribution in [1.82, 2.24) is 10.3 Å². The Hall–Kier alpha value is -5.19. The molecule has 0 saturated heterocycles. The number of aryl methyl sites for hydroxylation is 1. The third-order valence-corrected chi connectivity index (χ3v) is 9.28. The molecule has 1 aromatic heterocycles. The molecule has 0 spiro atoms. The van der Waals surface area contributed by atoms with E-state index in [1.54, 1.807) is 36.4 Å². The molecule has 0 aliphatic rings. The first-order chi connectivity index (χ1) is 23.3. The van der Waals surface area contributed by atoms with Crippen molar-refractivity contribution in [3.05, 3.63) is 131 Å². The minimum absolute atomic E-state index is 0.0494. The van der Waals surface area contributed by atoms with Crippen molar-refractivity contribution in [1.29, 1.82) is 0 Å². The average molecular weight is 677 g/mol. The van der Waals surface area contributed by atoms with E-state index in [1.807, 2.05) is 98.9 Å². The van der Waals surface area contributed by atoms with Gasteiger partial charge in [-0.15, -0.1) is 23.1 Å². The van der Waals surface area contributed by atoms with Crippen molar-refractivity contribution in [3.8, 4) is 17.0 Å². The van der Waals surface area contributed by atoms with Crippen molar-refractivity contribution in [3.63, 3.8) is 0 Å². The molecule has 5 rings (SSSR count). The van der Waals surface area contributed by atoms with Crippen molar-refractivity contribution >= 4 is 57.7 Å². The Balaban J connectivity index is 1.29. The zero-order valence-electron chi connectivity index (χ0n) is 26.9. The molecule has 10 heteroatoms. The third kappa shape index (κ3) is 9.21. The number of carbonyl (C=O) groups is 3. The van der Waals surface area contributed by atoms with E-state index in [2.05, 4.69) is 20.9 Å². The van der Waals surface area contributed by atoms with E-state index in [1.165, 1.54) is 28.7 Å². The maximum Gasteiger partial charge on any atom is 0.272 e. The van der Waals surface area contributed by atoms with E-state index in [9.17, 15) is 14.4 Å². The second-order valence-electron chi connectivity index (χ2n) is 10.7. The van der Waals surface area contributed by atoms with Gasteiger partial charge < -0.3 is 20.7 Å². The number of nitrogens with one attached hydrogen (secondary N) is 3. The Labute approximate surface area is 288 Å². The van der Waals surface area contributed by atoms with Gasteiger partial charge >= 0.3 is 0 Å². The first kappa shape index (κ1) is 34.2. The highest BCUT2D eigenvalue weighted by atomic mass is 32.2. The molecule has 1 atom stereocenters. The van der Waals surface area contributed by atoms with Crippen LogP contribution in [0.5, 0.6) is 5.75 Å². The van der Waals surface area contributed by atoms with Crippen LogP contribution in [0.1, 0.15) is 41.8 Å². The molecule has 5 aromatic rings. The summed E-state index contributed by atoms with van der Waals surface area (Å²) in [5.74, 6) is -0.488. The monoisotopic (exact) mass is 676 g/mol. The molecule has 1 unspecified atom stereocenters. The van der Waals surface area contributed by atoms with Crippen molar-refractivity contribution < 1.29 is 19.1 Å². The number of amides is 3. The molecule has 8 nitrogen and oxygen atoms in total. The highest BCUT2D eigenvalue weighted by Crippen LogP contribution is 2.30. The minimum Gasteiger partial charge on any atom is -0.493 e. The lowest BCUT2D eigenvalue weighted by atomic mass is 10.1. The van der Waals surface area contributed by atoms with Crippen LogP contribution in [0.25, 0.3) is 17.3 Å². The summed E-state index contributed by atoms with van der Waals surface area (Å²) in [5, 5.41) is 10.7. The van der Waals surface area contributed by atoms with E-state index >= 15 is 0 Å². The lowest BCUT2D eigenvalue weighted by Crippen LogP contribution is -2.30. The van der Waals surface area contributed by atoms with Gasteiger partial charge in [0.25, 0.3) is 11.8 Å². The molecule has 0 radical (unpaired) electrons. The quantitative estimate of drug-likeness (QED) is 0.0853. The van der Waals surface area contributed by atoms with Crippen LogP contribution in [-0.4, -0.2) is 34.6 Å². The molecule has 0 bridgehead atoms. The zero-order chi connectivity index (χ0) is 33.9. The van der Waals surface area contributed by atoms with Crippen LogP contribution >= 0.6 is 23.1 Å². The molecule has 3 N–H and O–H groups in total. The lowest BCUT2D eigenvalue weighted by molar-refractivity contribution is -0.116. The number of aromatic nitrogens is 1. The molecular formula is C38H36N4O4S2. The minimum atomic E-state index is -0.509. The molecule has 4 aromatic carbocycles. The van der Waals surface area contributed by atoms with E-state index in [4.69, 9.17) is 4.74 Å². The van der Waals surface area contributed by atoms with Gasteiger partial charge in [-0.2, -0.15) is 0 Å². The maximum atomic E-state index is 13.7. The predicted octanol–water partition coefficient (Wildman–Crippen LogP) is 8.44. The van der Waals surface area contributed by atoms with Crippen molar-refractivity contribution in [2.75, 3.05) is 17.2 Å². The third-order valence-electron chi connectivity index (χ3n) is 7.16. The number of hydrogen-bond donors (Lipinski definition) is 3. The fraction of sp³-hybridized carbons (Fsp3) is 0.158. The summed E-state index contributed by atoms with van der Waals surface area (Å²) in [5.41, 5.74) is 4.60. The van der Waals surface area contributed by atoms with Crippen molar-refractivity contribution in [2.24, 2.45) is 0 Å². The van der Waals surface area contributed by atoms with Gasteiger partial charge in [0.05, 0.1) is 17.6 Å². The first-order valence-electron chi connectivity index (χ1n) is 15.5. The topological polar surface area (TPSA) is 109 Å². The standard InChI is InChI=1S/C38H36N4O4S2/c1-4-34(37(45)42-38-41-32(24-47-38)26-20-18-25(3)19-21-26)48-30-16-11-15-29(23-30)39-36(44)31(40-35(43)27-12-7-6-8-13-27)22-28-14-9-10-17-33(28)46-5-2/h6-24,34H,4-5H2,1-3H3,(H,39,44)(H,40,43)(H,41,42,45)/b31-22+. The highest BCUT2D eigenvalue weighted by Gasteiger charge is 2.21. The lowest BCUT2D eigenvalue weighted by Gasteiger charge is -2.15. The fourth-order valence-electron chi connectivity index (χ4n) is 4.69. The average Bonchev–Trinajstić information content (AvgIpc) is 3.57. The number of hydrogen-bond acceptors (Lipinski definition) is 7. The number of rotatable bonds is 13. The smallest absolute Gasteiger partial charge is 0.272 e. The number of anilines is 2. The summed E-state index contributed by atoms with van der Waals surface area (Å²) in [6.45, 7) is 6.32. The largest absolute Gasteiger partial charge is 0.493 e. The SMILES string of the molecule is CCOc1ccccc1/C=C(/NC(=O)c1ccccc1)C(=O)Nc1cccc(SC(CC)C(=O)Nc2nc(-c3ccc(C)cc3)cs2)c1. The van der Waals surface area contributed by atoms with E-state index in [0.717, 1.165) is 16.2 Å². The summed E-state index contributed by atoms with van der Waals surface area (Å²) in [6.07, 6.45) is 2.18. The Morgan fingerprint density at radius 1 is 0.896 bits per heavy atom. The summed E-state index contributed by atoms with van der Waals surface area (Å²) in [7, 11) is 0. The van der Waals surface area contributed by atoms with Gasteiger partial charge in [-0.3, -0.25) is 14.4 Å². The molecule has 0 saturated carbocycles. The van der Waals surface area contributed by atoms with Crippen LogP contribution in [0.2, 0.25) is 0 Å². The molecule has 244 valence electrons. The molecule has 0 aliphatic carbocycles. The van der Waals surface area contributed by atoms with Crippen LogP contribution in [0.3, 0.4) is 0 Å². The summed E-state index contributed by atoms with van der Waals surface area (Å²) in [6, 6.07) is 31.4. The molecule has 1 heterocycles. The first-order valence-corrected chi connectivity index (χ1v) is 17.3. The highest BCUT2D eigenvalue weighted by molar-refractivity contribution is 8.00. The Kier molecular flexibility index (Phi) is 11.8. The molecular weight excluding hydrogens is 641 g/mol. The van der Waals surface area contributed by atoms with E-state index in [0.29, 0.717) is 40.7 Å². The number of thiazole rings is 1. The normalized spacial score (nSPS) is 11.8. The number of thioether (sulfide) groups is 1. The second-order valence-corrected chi connectivity index (χ2v) is 12.9. The Morgan fingerprint density at radius 2 is 1.65 bits per heavy atom. The summed E-state index contributed by atoms with van der Waals surface area (Å²) >= 11 is 2.79. The fourth-order valence-corrected chi connectivity index (χ4v) is 6.43. The molecule has 48 heavy (non-hydrogen) atoms. The van der Waals surface area contributed by atoms with Gasteiger partial charge in [0, 0.05) is 32.7 Å². The van der Waals surface area contributed by atoms with Gasteiger partial charge in [-0.05, 0) is 62.7 Å². The maximum absolute atomic E-state index is 13.7. The summed E-state index contributed by atoms with van der Waals surface area (Å²) < 4.78 is 5.74. The van der Waals surface area contributed by atoms with Crippen LogP contribution < -0.4 is 20.7 Å². The summed E-state index contributed by atoms with van der Waals surface area (Å²) in [4.78, 5) is 45.4. The predicted molar refractivity (Wildman–Crippen MR) is 195 cm³/mol. The number of benzene rings is 4. The van der Waals surface area contributed by atoms with Crippen LogP contribution in [0, 0.1) is 6.92 Å². The van der Waals surface area contributed by atoms with Gasteiger partial charge in [0.15, 0.2) is 5.13 Å². The zero-order valence-corrected chi connectivity index (χ0v) is 28.5. The van der Waals surface area contributed by atoms with Gasteiger partial charge in [-0.25, -0.2) is 4.98 Å².